The van der Waals surface area contributed by atoms with E-state index in [4.69, 9.17) is 9.84 Å². The second-order valence-electron chi connectivity index (χ2n) is 6.71. The predicted molar refractivity (Wildman–Crippen MR) is 83.5 cm³/mol. The number of nitrogens with zero attached hydrogens (tertiary/aromatic N) is 1. The fourth-order valence-electron chi connectivity index (χ4n) is 3.77. The average Bonchev–Trinajstić information content (AvgIpc) is 2.55. The van der Waals surface area contributed by atoms with Gasteiger partial charge in [-0.15, -0.1) is 0 Å². The highest BCUT2D eigenvalue weighted by Gasteiger charge is 2.33. The van der Waals surface area contributed by atoms with Gasteiger partial charge in [0.1, 0.15) is 0 Å². The van der Waals surface area contributed by atoms with E-state index in [0.717, 1.165) is 19.3 Å². The second kappa shape index (κ2) is 8.51. The first kappa shape index (κ1) is 17.3. The molecule has 126 valence electrons. The van der Waals surface area contributed by atoms with Crippen LogP contribution in [0.2, 0.25) is 0 Å². The Morgan fingerprint density at radius 1 is 1.27 bits per heavy atom. The highest BCUT2D eigenvalue weighted by Crippen LogP contribution is 2.31. The van der Waals surface area contributed by atoms with Gasteiger partial charge in [-0.25, -0.2) is 4.79 Å². The SMILES string of the molecule is CCCC(CC1CCCCC1)C(=O)N1CCOC(C(=O)O)C1. The summed E-state index contributed by atoms with van der Waals surface area (Å²) in [4.78, 5) is 25.6. The van der Waals surface area contributed by atoms with Crippen molar-refractivity contribution in [3.8, 4) is 0 Å². The Morgan fingerprint density at radius 3 is 2.64 bits per heavy atom. The van der Waals surface area contributed by atoms with Crippen LogP contribution in [0, 0.1) is 11.8 Å². The quantitative estimate of drug-likeness (QED) is 0.819. The molecule has 5 heteroatoms. The lowest BCUT2D eigenvalue weighted by Gasteiger charge is -2.34. The van der Waals surface area contributed by atoms with Crippen LogP contribution in [0.3, 0.4) is 0 Å². The standard InChI is InChI=1S/C17H29NO4/c1-2-6-14(11-13-7-4-3-5-8-13)16(19)18-9-10-22-15(12-18)17(20)21/h13-15H,2-12H2,1H3,(H,20,21). The average molecular weight is 311 g/mol. The number of carboxylic acids is 1. The van der Waals surface area contributed by atoms with Gasteiger partial charge in [0.05, 0.1) is 13.2 Å². The van der Waals surface area contributed by atoms with Crippen LogP contribution in [0.15, 0.2) is 0 Å². The molecule has 2 atom stereocenters. The zero-order valence-electron chi connectivity index (χ0n) is 13.6. The van der Waals surface area contributed by atoms with E-state index in [1.165, 1.54) is 32.1 Å². The van der Waals surface area contributed by atoms with Crippen molar-refractivity contribution in [2.75, 3.05) is 19.7 Å². The lowest BCUT2D eigenvalue weighted by atomic mass is 9.81. The summed E-state index contributed by atoms with van der Waals surface area (Å²) >= 11 is 0. The number of rotatable bonds is 6. The molecule has 2 unspecified atom stereocenters. The van der Waals surface area contributed by atoms with Gasteiger partial charge in [-0.1, -0.05) is 45.4 Å². The Labute approximate surface area is 133 Å². The van der Waals surface area contributed by atoms with Gasteiger partial charge in [0, 0.05) is 12.5 Å². The van der Waals surface area contributed by atoms with Crippen LogP contribution in [0.1, 0.15) is 58.3 Å². The molecule has 0 radical (unpaired) electrons. The van der Waals surface area contributed by atoms with Crippen LogP contribution in [-0.4, -0.2) is 47.7 Å². The van der Waals surface area contributed by atoms with Gasteiger partial charge in [0.15, 0.2) is 6.10 Å². The van der Waals surface area contributed by atoms with E-state index in [9.17, 15) is 9.59 Å². The number of ether oxygens (including phenoxy) is 1. The molecule has 0 bridgehead atoms. The fourth-order valence-corrected chi connectivity index (χ4v) is 3.77. The molecule has 0 aromatic carbocycles. The molecular weight excluding hydrogens is 282 g/mol. The molecule has 1 amide bonds. The van der Waals surface area contributed by atoms with Crippen molar-refractivity contribution in [3.63, 3.8) is 0 Å². The van der Waals surface area contributed by atoms with E-state index in [-0.39, 0.29) is 18.4 Å². The third-order valence-electron chi connectivity index (χ3n) is 4.98. The van der Waals surface area contributed by atoms with E-state index in [1.54, 1.807) is 4.90 Å². The van der Waals surface area contributed by atoms with Gasteiger partial charge >= 0.3 is 5.97 Å². The number of carbonyl (C=O) groups is 2. The minimum Gasteiger partial charge on any atom is -0.479 e. The minimum atomic E-state index is -0.975. The summed E-state index contributed by atoms with van der Waals surface area (Å²) in [6.07, 6.45) is 8.40. The molecule has 1 N–H and O–H groups in total. The van der Waals surface area contributed by atoms with Gasteiger partial charge in [0.2, 0.25) is 5.91 Å². The molecule has 0 aromatic rings. The maximum absolute atomic E-state index is 12.8. The second-order valence-corrected chi connectivity index (χ2v) is 6.71. The predicted octanol–water partition coefficient (Wildman–Crippen LogP) is 2.69. The van der Waals surface area contributed by atoms with Crippen molar-refractivity contribution >= 4 is 11.9 Å². The maximum atomic E-state index is 12.8. The van der Waals surface area contributed by atoms with Crippen molar-refractivity contribution in [1.82, 2.24) is 4.90 Å². The van der Waals surface area contributed by atoms with Crippen molar-refractivity contribution in [2.24, 2.45) is 11.8 Å². The first-order valence-corrected chi connectivity index (χ1v) is 8.75. The Kier molecular flexibility index (Phi) is 6.68. The number of carboxylic acid groups (broad SMARTS) is 1. The molecule has 2 rings (SSSR count). The molecule has 1 saturated carbocycles. The van der Waals surface area contributed by atoms with E-state index < -0.39 is 12.1 Å². The van der Waals surface area contributed by atoms with Crippen molar-refractivity contribution in [1.29, 1.82) is 0 Å². The molecule has 0 aromatic heterocycles. The number of carbonyl (C=O) groups excluding carboxylic acids is 1. The third-order valence-corrected chi connectivity index (χ3v) is 4.98. The molecular formula is C17H29NO4. The van der Waals surface area contributed by atoms with E-state index in [0.29, 0.717) is 19.1 Å². The molecule has 1 heterocycles. The number of morpholine rings is 1. The van der Waals surface area contributed by atoms with E-state index >= 15 is 0 Å². The summed E-state index contributed by atoms with van der Waals surface area (Å²) in [5.41, 5.74) is 0. The van der Waals surface area contributed by atoms with Crippen LogP contribution in [0.4, 0.5) is 0 Å². The third kappa shape index (κ3) is 4.70. The molecule has 2 aliphatic rings. The molecule has 2 fully saturated rings. The zero-order valence-corrected chi connectivity index (χ0v) is 13.6. The Morgan fingerprint density at radius 2 is 2.00 bits per heavy atom. The zero-order chi connectivity index (χ0) is 15.9. The summed E-state index contributed by atoms with van der Waals surface area (Å²) in [5.74, 6) is -0.106. The van der Waals surface area contributed by atoms with E-state index in [2.05, 4.69) is 6.92 Å². The van der Waals surface area contributed by atoms with Crippen LogP contribution in [-0.2, 0) is 14.3 Å². The molecule has 0 spiro atoms. The Hall–Kier alpha value is -1.10. The van der Waals surface area contributed by atoms with Crippen molar-refractivity contribution in [3.05, 3.63) is 0 Å². The number of hydrogen-bond acceptors (Lipinski definition) is 3. The molecule has 1 aliphatic carbocycles. The van der Waals surface area contributed by atoms with Crippen molar-refractivity contribution < 1.29 is 19.4 Å². The molecule has 1 aliphatic heterocycles. The number of hydrogen-bond donors (Lipinski definition) is 1. The molecule has 22 heavy (non-hydrogen) atoms. The number of aliphatic carboxylic acids is 1. The highest BCUT2D eigenvalue weighted by atomic mass is 16.5. The summed E-state index contributed by atoms with van der Waals surface area (Å²) in [6.45, 7) is 3.15. The maximum Gasteiger partial charge on any atom is 0.334 e. The van der Waals surface area contributed by atoms with Gasteiger partial charge in [0.25, 0.3) is 0 Å². The van der Waals surface area contributed by atoms with E-state index in [1.807, 2.05) is 0 Å². The lowest BCUT2D eigenvalue weighted by molar-refractivity contribution is -0.160. The van der Waals surface area contributed by atoms with Crippen LogP contribution >= 0.6 is 0 Å². The normalized spacial score (nSPS) is 25.0. The van der Waals surface area contributed by atoms with Crippen LogP contribution < -0.4 is 0 Å². The Bertz CT molecular complexity index is 379. The summed E-state index contributed by atoms with van der Waals surface area (Å²) < 4.78 is 5.22. The summed E-state index contributed by atoms with van der Waals surface area (Å²) in [6, 6.07) is 0. The topological polar surface area (TPSA) is 66.8 Å². The number of amides is 1. The first-order chi connectivity index (χ1) is 10.6. The summed E-state index contributed by atoms with van der Waals surface area (Å²) in [7, 11) is 0. The fraction of sp³-hybridized carbons (Fsp3) is 0.882. The summed E-state index contributed by atoms with van der Waals surface area (Å²) in [5, 5.41) is 9.08. The van der Waals surface area contributed by atoms with Gasteiger partial charge in [-0.05, 0) is 18.8 Å². The Balaban J connectivity index is 1.94. The highest BCUT2D eigenvalue weighted by molar-refractivity contribution is 5.80. The monoisotopic (exact) mass is 311 g/mol. The molecule has 5 nitrogen and oxygen atoms in total. The minimum absolute atomic E-state index is 0.0562. The molecule has 1 saturated heterocycles. The first-order valence-electron chi connectivity index (χ1n) is 8.75. The van der Waals surface area contributed by atoms with Gasteiger partial charge in [-0.3, -0.25) is 4.79 Å². The smallest absolute Gasteiger partial charge is 0.334 e. The largest absolute Gasteiger partial charge is 0.479 e. The van der Waals surface area contributed by atoms with Crippen LogP contribution in [0.5, 0.6) is 0 Å². The van der Waals surface area contributed by atoms with Gasteiger partial charge in [-0.2, -0.15) is 0 Å². The lowest BCUT2D eigenvalue weighted by Crippen LogP contribution is -2.50. The van der Waals surface area contributed by atoms with Crippen molar-refractivity contribution in [2.45, 2.75) is 64.4 Å². The van der Waals surface area contributed by atoms with Crippen LogP contribution in [0.25, 0.3) is 0 Å². The van der Waals surface area contributed by atoms with Gasteiger partial charge < -0.3 is 14.7 Å².